The van der Waals surface area contributed by atoms with Gasteiger partial charge in [-0.3, -0.25) is 14.4 Å². The van der Waals surface area contributed by atoms with Crippen molar-refractivity contribution in [2.24, 2.45) is 7.05 Å². The first-order valence-corrected chi connectivity index (χ1v) is 9.05. The molecule has 1 amide bonds. The number of amides is 1. The summed E-state index contributed by atoms with van der Waals surface area (Å²) in [7, 11) is 1.82. The molecule has 4 rings (SSSR count). The van der Waals surface area contributed by atoms with Gasteiger partial charge in [0.05, 0.1) is 23.0 Å². The molecule has 26 heavy (non-hydrogen) atoms. The Balaban J connectivity index is 1.78. The van der Waals surface area contributed by atoms with Crippen molar-refractivity contribution in [1.29, 1.82) is 0 Å². The van der Waals surface area contributed by atoms with Crippen molar-refractivity contribution < 1.29 is 9.21 Å². The largest absolute Gasteiger partial charge is 0.467 e. The number of hydrogen-bond acceptors (Lipinski definition) is 5. The van der Waals surface area contributed by atoms with Crippen LogP contribution in [0.1, 0.15) is 27.5 Å². The van der Waals surface area contributed by atoms with Gasteiger partial charge < -0.3 is 4.42 Å². The fourth-order valence-electron chi connectivity index (χ4n) is 2.78. The highest BCUT2D eigenvalue weighted by atomic mass is 32.1. The average Bonchev–Trinajstić information content (AvgIpc) is 3.33. The van der Waals surface area contributed by atoms with E-state index in [0.717, 1.165) is 21.5 Å². The lowest BCUT2D eigenvalue weighted by atomic mass is 10.2. The molecule has 0 fully saturated rings. The van der Waals surface area contributed by atoms with Crippen LogP contribution in [-0.2, 0) is 13.6 Å². The SMILES string of the molecule is Cc1cccc2sc(N(Cc3ccco3)C(=O)c3cc(C)n(C)n3)nc12. The van der Waals surface area contributed by atoms with Crippen LogP contribution < -0.4 is 4.90 Å². The van der Waals surface area contributed by atoms with Crippen LogP contribution >= 0.6 is 11.3 Å². The van der Waals surface area contributed by atoms with Crippen molar-refractivity contribution in [3.8, 4) is 0 Å². The maximum Gasteiger partial charge on any atom is 0.280 e. The molecular weight excluding hydrogens is 348 g/mol. The van der Waals surface area contributed by atoms with Crippen LogP contribution in [0, 0.1) is 13.8 Å². The van der Waals surface area contributed by atoms with E-state index < -0.39 is 0 Å². The Morgan fingerprint density at radius 2 is 2.12 bits per heavy atom. The molecule has 6 nitrogen and oxygen atoms in total. The highest BCUT2D eigenvalue weighted by molar-refractivity contribution is 7.22. The van der Waals surface area contributed by atoms with Gasteiger partial charge in [-0.1, -0.05) is 23.5 Å². The third kappa shape index (κ3) is 2.90. The molecule has 7 heteroatoms. The van der Waals surface area contributed by atoms with E-state index in [1.165, 1.54) is 11.3 Å². The molecule has 4 aromatic rings. The van der Waals surface area contributed by atoms with Crippen molar-refractivity contribution in [3.05, 3.63) is 65.4 Å². The van der Waals surface area contributed by atoms with E-state index in [2.05, 4.69) is 5.10 Å². The number of hydrogen-bond donors (Lipinski definition) is 0. The number of fused-ring (bicyclic) bond motifs is 1. The molecule has 0 bridgehead atoms. The Morgan fingerprint density at radius 1 is 1.27 bits per heavy atom. The lowest BCUT2D eigenvalue weighted by Gasteiger charge is -2.17. The standard InChI is InChI=1S/C19H18N4O2S/c1-12-6-4-8-16-17(12)20-19(26-16)23(11-14-7-5-9-25-14)18(24)15-10-13(2)22(3)21-15/h4-10H,11H2,1-3H3. The number of rotatable bonds is 4. The molecule has 0 N–H and O–H groups in total. The minimum Gasteiger partial charge on any atom is -0.467 e. The Kier molecular flexibility index (Phi) is 4.08. The first-order chi connectivity index (χ1) is 12.5. The van der Waals surface area contributed by atoms with E-state index in [9.17, 15) is 4.79 Å². The monoisotopic (exact) mass is 366 g/mol. The Hall–Kier alpha value is -2.93. The Morgan fingerprint density at radius 3 is 2.77 bits per heavy atom. The predicted molar refractivity (Wildman–Crippen MR) is 102 cm³/mol. The molecule has 0 atom stereocenters. The summed E-state index contributed by atoms with van der Waals surface area (Å²) in [6.45, 7) is 4.24. The van der Waals surface area contributed by atoms with E-state index in [-0.39, 0.29) is 5.91 Å². The molecule has 0 unspecified atom stereocenters. The van der Waals surface area contributed by atoms with E-state index in [4.69, 9.17) is 9.40 Å². The van der Waals surface area contributed by atoms with Gasteiger partial charge in [0.25, 0.3) is 5.91 Å². The maximum atomic E-state index is 13.2. The fourth-order valence-corrected chi connectivity index (χ4v) is 3.82. The molecule has 0 saturated heterocycles. The zero-order valence-corrected chi connectivity index (χ0v) is 15.6. The maximum absolute atomic E-state index is 13.2. The predicted octanol–water partition coefficient (Wildman–Crippen LogP) is 4.09. The fraction of sp³-hybridized carbons (Fsp3) is 0.211. The third-order valence-corrected chi connectivity index (χ3v) is 5.36. The van der Waals surface area contributed by atoms with Crippen LogP contribution in [0.4, 0.5) is 5.13 Å². The second kappa shape index (κ2) is 6.42. The van der Waals surface area contributed by atoms with Crippen LogP contribution in [-0.4, -0.2) is 20.7 Å². The summed E-state index contributed by atoms with van der Waals surface area (Å²) < 4.78 is 8.20. The smallest absolute Gasteiger partial charge is 0.280 e. The van der Waals surface area contributed by atoms with E-state index >= 15 is 0 Å². The number of furan rings is 1. The molecule has 0 aliphatic heterocycles. The number of anilines is 1. The summed E-state index contributed by atoms with van der Waals surface area (Å²) in [4.78, 5) is 19.5. The van der Waals surface area contributed by atoms with Crippen LogP contribution in [0.5, 0.6) is 0 Å². The third-order valence-electron chi connectivity index (χ3n) is 4.31. The van der Waals surface area contributed by atoms with Crippen molar-refractivity contribution in [2.45, 2.75) is 20.4 Å². The number of nitrogens with zero attached hydrogens (tertiary/aromatic N) is 4. The summed E-state index contributed by atoms with van der Waals surface area (Å²) in [5, 5.41) is 4.97. The lowest BCUT2D eigenvalue weighted by molar-refractivity contribution is 0.0977. The summed E-state index contributed by atoms with van der Waals surface area (Å²) in [6.07, 6.45) is 1.60. The van der Waals surface area contributed by atoms with Gasteiger partial charge in [0, 0.05) is 12.7 Å². The van der Waals surface area contributed by atoms with Crippen LogP contribution in [0.15, 0.2) is 47.1 Å². The number of para-hydroxylation sites is 1. The molecule has 0 aliphatic rings. The van der Waals surface area contributed by atoms with E-state index in [1.54, 1.807) is 21.9 Å². The minimum atomic E-state index is -0.193. The van der Waals surface area contributed by atoms with Crippen molar-refractivity contribution in [2.75, 3.05) is 4.90 Å². The summed E-state index contributed by atoms with van der Waals surface area (Å²) in [6, 6.07) is 11.5. The Bertz CT molecular complexity index is 1060. The molecule has 0 saturated carbocycles. The first-order valence-electron chi connectivity index (χ1n) is 8.24. The number of carbonyl (C=O) groups is 1. The second-order valence-electron chi connectivity index (χ2n) is 6.18. The molecule has 3 aromatic heterocycles. The molecule has 3 heterocycles. The highest BCUT2D eigenvalue weighted by Gasteiger charge is 2.25. The number of aromatic nitrogens is 3. The van der Waals surface area contributed by atoms with Crippen LogP contribution in [0.3, 0.4) is 0 Å². The number of aryl methyl sites for hydroxylation is 3. The van der Waals surface area contributed by atoms with Gasteiger partial charge in [-0.25, -0.2) is 4.98 Å². The van der Waals surface area contributed by atoms with Gasteiger partial charge in [-0.15, -0.1) is 0 Å². The van der Waals surface area contributed by atoms with Crippen LogP contribution in [0.2, 0.25) is 0 Å². The molecule has 132 valence electrons. The number of thiazole rings is 1. The van der Waals surface area contributed by atoms with E-state index in [0.29, 0.717) is 23.1 Å². The molecule has 0 aliphatic carbocycles. The lowest BCUT2D eigenvalue weighted by Crippen LogP contribution is -2.30. The number of benzene rings is 1. The normalized spacial score (nSPS) is 11.2. The quantitative estimate of drug-likeness (QED) is 0.546. The summed E-state index contributed by atoms with van der Waals surface area (Å²) in [5.74, 6) is 0.504. The van der Waals surface area contributed by atoms with Crippen molar-refractivity contribution in [3.63, 3.8) is 0 Å². The van der Waals surface area contributed by atoms with Crippen LogP contribution in [0.25, 0.3) is 10.2 Å². The second-order valence-corrected chi connectivity index (χ2v) is 7.19. The molecule has 0 radical (unpaired) electrons. The molecular formula is C19H18N4O2S. The average molecular weight is 366 g/mol. The van der Waals surface area contributed by atoms with Crippen molar-refractivity contribution >= 4 is 32.6 Å². The van der Waals surface area contributed by atoms with Gasteiger partial charge in [0.1, 0.15) is 5.76 Å². The zero-order valence-electron chi connectivity index (χ0n) is 14.8. The number of carbonyl (C=O) groups excluding carboxylic acids is 1. The molecule has 0 spiro atoms. The zero-order chi connectivity index (χ0) is 18.3. The molecule has 1 aromatic carbocycles. The summed E-state index contributed by atoms with van der Waals surface area (Å²) >= 11 is 1.49. The van der Waals surface area contributed by atoms with Gasteiger partial charge in [0.15, 0.2) is 10.8 Å². The highest BCUT2D eigenvalue weighted by Crippen LogP contribution is 2.32. The first kappa shape index (κ1) is 16.5. The summed E-state index contributed by atoms with van der Waals surface area (Å²) in [5.41, 5.74) is 3.32. The van der Waals surface area contributed by atoms with Gasteiger partial charge in [-0.2, -0.15) is 5.10 Å². The van der Waals surface area contributed by atoms with Crippen molar-refractivity contribution in [1.82, 2.24) is 14.8 Å². The van der Waals surface area contributed by atoms with Gasteiger partial charge in [-0.05, 0) is 43.7 Å². The van der Waals surface area contributed by atoms with E-state index in [1.807, 2.05) is 51.2 Å². The Labute approximate surface area is 154 Å². The van der Waals surface area contributed by atoms with Gasteiger partial charge >= 0.3 is 0 Å². The topological polar surface area (TPSA) is 64.2 Å². The minimum absolute atomic E-state index is 0.193. The van der Waals surface area contributed by atoms with Gasteiger partial charge in [0.2, 0.25) is 0 Å².